The minimum absolute atomic E-state index is 0.408. The summed E-state index contributed by atoms with van der Waals surface area (Å²) in [4.78, 5) is 23.9. The quantitative estimate of drug-likeness (QED) is 0.654. The molecule has 0 radical (unpaired) electrons. The first kappa shape index (κ1) is 20.5. The van der Waals surface area contributed by atoms with E-state index < -0.39 is 18.0 Å². The second kappa shape index (κ2) is 9.76. The molecule has 0 aliphatic rings. The maximum absolute atomic E-state index is 12.0. The van der Waals surface area contributed by atoms with Crippen molar-refractivity contribution in [1.29, 1.82) is 0 Å². The average Bonchev–Trinajstić information content (AvgIpc) is 2.67. The number of carbonyl (C=O) groups is 2. The molecule has 1 atom stereocenters. The lowest BCUT2D eigenvalue weighted by Crippen LogP contribution is -2.20. The fourth-order valence-electron chi connectivity index (χ4n) is 3.06. The van der Waals surface area contributed by atoms with E-state index in [1.807, 2.05) is 19.9 Å². The Morgan fingerprint density at radius 3 is 2.00 bits per heavy atom. The lowest BCUT2D eigenvalue weighted by Gasteiger charge is -2.21. The number of benzene rings is 2. The number of esters is 1. The van der Waals surface area contributed by atoms with Gasteiger partial charge in [-0.2, -0.15) is 0 Å². The van der Waals surface area contributed by atoms with E-state index in [2.05, 4.69) is 0 Å². The Kier molecular flexibility index (Phi) is 7.41. The van der Waals surface area contributed by atoms with Crippen molar-refractivity contribution >= 4 is 11.9 Å². The van der Waals surface area contributed by atoms with Gasteiger partial charge in [0.2, 0.25) is 6.10 Å². The lowest BCUT2D eigenvalue weighted by atomic mass is 9.97. The van der Waals surface area contributed by atoms with Crippen LogP contribution in [0, 0.1) is 0 Å². The molecule has 0 spiro atoms. The maximum Gasteiger partial charge on any atom is 0.349 e. The highest BCUT2D eigenvalue weighted by Crippen LogP contribution is 2.33. The van der Waals surface area contributed by atoms with Crippen LogP contribution in [0.4, 0.5) is 0 Å². The molecule has 0 amide bonds. The van der Waals surface area contributed by atoms with E-state index in [0.29, 0.717) is 29.7 Å². The van der Waals surface area contributed by atoms with Gasteiger partial charge in [-0.1, -0.05) is 57.0 Å². The molecule has 0 saturated carbocycles. The summed E-state index contributed by atoms with van der Waals surface area (Å²) in [5, 5.41) is 9.71. The van der Waals surface area contributed by atoms with Gasteiger partial charge in [-0.05, 0) is 36.1 Å². The first-order valence-electron chi connectivity index (χ1n) is 9.20. The molecule has 0 saturated heterocycles. The van der Waals surface area contributed by atoms with Gasteiger partial charge < -0.3 is 14.6 Å². The molecule has 5 nitrogen and oxygen atoms in total. The Morgan fingerprint density at radius 2 is 1.56 bits per heavy atom. The van der Waals surface area contributed by atoms with Gasteiger partial charge in [0, 0.05) is 5.56 Å². The van der Waals surface area contributed by atoms with Crippen LogP contribution in [-0.2, 0) is 22.4 Å². The molecule has 0 unspecified atom stereocenters. The molecular weight excluding hydrogens is 344 g/mol. The molecular formula is C22H26O5. The predicted molar refractivity (Wildman–Crippen MR) is 103 cm³/mol. The van der Waals surface area contributed by atoms with E-state index in [-0.39, 0.29) is 0 Å². The summed E-state index contributed by atoms with van der Waals surface area (Å²) in [6.07, 6.45) is 1.93. The monoisotopic (exact) mass is 370 g/mol. The molecule has 2 rings (SSSR count). The molecule has 0 heterocycles. The van der Waals surface area contributed by atoms with E-state index in [4.69, 9.17) is 9.47 Å². The Bertz CT molecular complexity index is 756. The van der Waals surface area contributed by atoms with E-state index in [1.165, 1.54) is 7.11 Å². The van der Waals surface area contributed by atoms with Crippen molar-refractivity contribution in [1.82, 2.24) is 0 Å². The Balaban J connectivity index is 2.54. The van der Waals surface area contributed by atoms with Crippen molar-refractivity contribution < 1.29 is 24.2 Å². The largest absolute Gasteiger partial charge is 0.478 e. The molecule has 27 heavy (non-hydrogen) atoms. The van der Waals surface area contributed by atoms with Gasteiger partial charge in [0.25, 0.3) is 0 Å². The molecule has 1 N–H and O–H groups in total. The maximum atomic E-state index is 12.0. The topological polar surface area (TPSA) is 72.8 Å². The number of hydrogen-bond acceptors (Lipinski definition) is 4. The van der Waals surface area contributed by atoms with Crippen LogP contribution in [0.1, 0.15) is 59.8 Å². The van der Waals surface area contributed by atoms with Crippen molar-refractivity contribution in [2.45, 2.75) is 45.6 Å². The number of hydrogen-bond donors (Lipinski definition) is 1. The molecule has 0 aliphatic heterocycles. The number of aryl methyl sites for hydroxylation is 2. The molecule has 5 heteroatoms. The molecule has 0 aliphatic carbocycles. The summed E-state index contributed by atoms with van der Waals surface area (Å²) in [5.74, 6) is -0.903. The molecule has 0 fully saturated rings. The SMILES string of the molecule is CCCc1cc(C(=O)OC)cc(CCC)c1O[C@H](C(=O)O)c1ccccc1. The lowest BCUT2D eigenvalue weighted by molar-refractivity contribution is -0.145. The predicted octanol–water partition coefficient (Wildman–Crippen LogP) is 4.58. The van der Waals surface area contributed by atoms with Crippen LogP contribution >= 0.6 is 0 Å². The van der Waals surface area contributed by atoms with Crippen LogP contribution in [-0.4, -0.2) is 24.2 Å². The van der Waals surface area contributed by atoms with Crippen LogP contribution in [0.15, 0.2) is 42.5 Å². The van der Waals surface area contributed by atoms with Crippen LogP contribution in [0.2, 0.25) is 0 Å². The average molecular weight is 370 g/mol. The fourth-order valence-corrected chi connectivity index (χ4v) is 3.06. The van der Waals surface area contributed by atoms with E-state index in [1.54, 1.807) is 36.4 Å². The second-order valence-electron chi connectivity index (χ2n) is 6.36. The highest BCUT2D eigenvalue weighted by molar-refractivity contribution is 5.90. The van der Waals surface area contributed by atoms with Crippen molar-refractivity contribution in [3.63, 3.8) is 0 Å². The van der Waals surface area contributed by atoms with E-state index >= 15 is 0 Å². The summed E-state index contributed by atoms with van der Waals surface area (Å²) in [6.45, 7) is 4.06. The minimum atomic E-state index is -1.11. The zero-order chi connectivity index (χ0) is 19.8. The van der Waals surface area contributed by atoms with Crippen molar-refractivity contribution in [2.24, 2.45) is 0 Å². The van der Waals surface area contributed by atoms with Gasteiger partial charge in [-0.25, -0.2) is 9.59 Å². The van der Waals surface area contributed by atoms with Gasteiger partial charge in [0.05, 0.1) is 12.7 Å². The third-order valence-electron chi connectivity index (χ3n) is 4.26. The zero-order valence-electron chi connectivity index (χ0n) is 16.0. The van der Waals surface area contributed by atoms with Crippen molar-refractivity contribution in [3.8, 4) is 5.75 Å². The highest BCUT2D eigenvalue weighted by Gasteiger charge is 2.25. The second-order valence-corrected chi connectivity index (χ2v) is 6.36. The van der Waals surface area contributed by atoms with Gasteiger partial charge in [-0.15, -0.1) is 0 Å². The summed E-state index contributed by atoms with van der Waals surface area (Å²) < 4.78 is 10.9. The molecule has 0 bridgehead atoms. The first-order chi connectivity index (χ1) is 13.0. The number of aliphatic carboxylic acids is 1. The fraction of sp³-hybridized carbons (Fsp3) is 0.364. The number of rotatable bonds is 9. The molecule has 2 aromatic rings. The summed E-state index contributed by atoms with van der Waals surface area (Å²) in [7, 11) is 1.35. The zero-order valence-corrected chi connectivity index (χ0v) is 16.0. The number of carbonyl (C=O) groups excluding carboxylic acids is 1. The van der Waals surface area contributed by atoms with Crippen molar-refractivity contribution in [2.75, 3.05) is 7.11 Å². The van der Waals surface area contributed by atoms with Gasteiger partial charge in [-0.3, -0.25) is 0 Å². The van der Waals surface area contributed by atoms with Gasteiger partial charge >= 0.3 is 11.9 Å². The third kappa shape index (κ3) is 5.09. The molecule has 0 aromatic heterocycles. The normalized spacial score (nSPS) is 11.7. The first-order valence-corrected chi connectivity index (χ1v) is 9.20. The Morgan fingerprint density at radius 1 is 1.00 bits per heavy atom. The van der Waals surface area contributed by atoms with Gasteiger partial charge in [0.1, 0.15) is 5.75 Å². The summed E-state index contributed by atoms with van der Waals surface area (Å²) in [5.41, 5.74) is 2.69. The van der Waals surface area contributed by atoms with E-state index in [9.17, 15) is 14.7 Å². The summed E-state index contributed by atoms with van der Waals surface area (Å²) in [6, 6.07) is 12.4. The number of ether oxygens (including phenoxy) is 2. The van der Waals surface area contributed by atoms with Crippen LogP contribution < -0.4 is 4.74 Å². The third-order valence-corrected chi connectivity index (χ3v) is 4.26. The van der Waals surface area contributed by atoms with Gasteiger partial charge in [0.15, 0.2) is 0 Å². The smallest absolute Gasteiger partial charge is 0.349 e. The minimum Gasteiger partial charge on any atom is -0.478 e. The number of methoxy groups -OCH3 is 1. The number of carboxylic acid groups (broad SMARTS) is 1. The standard InChI is InChI=1S/C22H26O5/c1-4-9-16-13-18(22(25)26-3)14-17(10-5-2)19(16)27-20(21(23)24)15-11-7-6-8-12-15/h6-8,11-14,20H,4-5,9-10H2,1-3H3,(H,23,24)/t20-/m0/s1. The summed E-state index contributed by atoms with van der Waals surface area (Å²) >= 11 is 0. The highest BCUT2D eigenvalue weighted by atomic mass is 16.5. The van der Waals surface area contributed by atoms with Crippen LogP contribution in [0.3, 0.4) is 0 Å². The van der Waals surface area contributed by atoms with Crippen LogP contribution in [0.25, 0.3) is 0 Å². The van der Waals surface area contributed by atoms with Crippen LogP contribution in [0.5, 0.6) is 5.75 Å². The Hall–Kier alpha value is -2.82. The molecule has 2 aromatic carbocycles. The Labute approximate surface area is 159 Å². The number of carboxylic acids is 1. The van der Waals surface area contributed by atoms with Crippen molar-refractivity contribution in [3.05, 3.63) is 64.7 Å². The molecule has 144 valence electrons. The van der Waals surface area contributed by atoms with E-state index in [0.717, 1.165) is 24.0 Å².